The molecule has 7 nitrogen and oxygen atoms in total. The van der Waals surface area contributed by atoms with Gasteiger partial charge in [0.05, 0.1) is 19.9 Å². The fraction of sp³-hybridized carbons (Fsp3) is 0.500. The van der Waals surface area contributed by atoms with E-state index in [0.717, 1.165) is 0 Å². The molecule has 8 heteroatoms. The molecule has 0 aliphatic carbocycles. The van der Waals surface area contributed by atoms with Crippen LogP contribution >= 0.6 is 11.6 Å². The largest absolute Gasteiger partial charge is 0.480 e. The van der Waals surface area contributed by atoms with Crippen molar-refractivity contribution < 1.29 is 19.4 Å². The van der Waals surface area contributed by atoms with Crippen molar-refractivity contribution in [2.75, 3.05) is 38.8 Å². The van der Waals surface area contributed by atoms with Crippen molar-refractivity contribution in [1.82, 2.24) is 9.97 Å². The first-order valence-electron chi connectivity index (χ1n) is 5.10. The van der Waals surface area contributed by atoms with Crippen LogP contribution in [0, 0.1) is 0 Å². The van der Waals surface area contributed by atoms with E-state index in [0.29, 0.717) is 19.0 Å². The lowest BCUT2D eigenvalue weighted by molar-refractivity contribution is -0.135. The number of hydrogen-bond acceptors (Lipinski definition) is 6. The van der Waals surface area contributed by atoms with Gasteiger partial charge in [-0.2, -0.15) is 4.98 Å². The van der Waals surface area contributed by atoms with Gasteiger partial charge in [0, 0.05) is 13.7 Å². The SMILES string of the molecule is COCCN(CC(=O)O)c1nc(OC)ncc1Cl. The number of nitrogens with zero attached hydrogens (tertiary/aromatic N) is 3. The number of aromatic nitrogens is 2. The Bertz CT molecular complexity index is 416. The van der Waals surface area contributed by atoms with E-state index in [-0.39, 0.29) is 17.6 Å². The zero-order chi connectivity index (χ0) is 13.5. The maximum Gasteiger partial charge on any atom is 0.323 e. The number of carboxylic acids is 1. The monoisotopic (exact) mass is 275 g/mol. The van der Waals surface area contributed by atoms with Crippen LogP contribution in [0.4, 0.5) is 5.82 Å². The highest BCUT2D eigenvalue weighted by atomic mass is 35.5. The summed E-state index contributed by atoms with van der Waals surface area (Å²) in [5, 5.41) is 9.12. The third-order valence-corrected chi connectivity index (χ3v) is 2.34. The molecule has 1 rings (SSSR count). The molecule has 100 valence electrons. The minimum atomic E-state index is -0.986. The molecule has 0 aliphatic heterocycles. The van der Waals surface area contributed by atoms with E-state index in [2.05, 4.69) is 9.97 Å². The summed E-state index contributed by atoms with van der Waals surface area (Å²) in [6, 6.07) is 0.127. The van der Waals surface area contributed by atoms with Crippen LogP contribution in [0.15, 0.2) is 6.20 Å². The van der Waals surface area contributed by atoms with Crippen molar-refractivity contribution in [2.24, 2.45) is 0 Å². The minimum Gasteiger partial charge on any atom is -0.480 e. The third-order valence-electron chi connectivity index (χ3n) is 2.08. The first kappa shape index (κ1) is 14.5. The Morgan fingerprint density at radius 2 is 2.28 bits per heavy atom. The number of ether oxygens (including phenoxy) is 2. The Hall–Kier alpha value is -1.60. The van der Waals surface area contributed by atoms with Crippen molar-refractivity contribution in [1.29, 1.82) is 0 Å². The molecule has 0 unspecified atom stereocenters. The van der Waals surface area contributed by atoms with E-state index in [4.69, 9.17) is 26.2 Å². The Morgan fingerprint density at radius 3 is 2.83 bits per heavy atom. The van der Waals surface area contributed by atoms with E-state index in [1.54, 1.807) is 0 Å². The highest BCUT2D eigenvalue weighted by Gasteiger charge is 2.16. The molecule has 0 radical (unpaired) electrons. The second-order valence-electron chi connectivity index (χ2n) is 3.34. The molecular weight excluding hydrogens is 262 g/mol. The molecule has 0 bridgehead atoms. The fourth-order valence-electron chi connectivity index (χ4n) is 1.29. The summed E-state index contributed by atoms with van der Waals surface area (Å²) in [6.07, 6.45) is 1.37. The van der Waals surface area contributed by atoms with Gasteiger partial charge >= 0.3 is 12.0 Å². The van der Waals surface area contributed by atoms with Gasteiger partial charge in [0.2, 0.25) is 0 Å². The third kappa shape index (κ3) is 4.01. The molecule has 0 spiro atoms. The second kappa shape index (κ2) is 6.97. The van der Waals surface area contributed by atoms with Gasteiger partial charge in [-0.05, 0) is 0 Å². The van der Waals surface area contributed by atoms with Gasteiger partial charge in [0.15, 0.2) is 5.82 Å². The van der Waals surface area contributed by atoms with E-state index in [1.165, 1.54) is 25.3 Å². The lowest BCUT2D eigenvalue weighted by atomic mass is 10.4. The summed E-state index contributed by atoms with van der Waals surface area (Å²) >= 11 is 5.95. The highest BCUT2D eigenvalue weighted by Crippen LogP contribution is 2.24. The predicted molar refractivity (Wildman–Crippen MR) is 65.3 cm³/mol. The van der Waals surface area contributed by atoms with Crippen LogP contribution in [-0.2, 0) is 9.53 Å². The van der Waals surface area contributed by atoms with Gasteiger partial charge in [-0.1, -0.05) is 11.6 Å². The zero-order valence-electron chi connectivity index (χ0n) is 10.1. The van der Waals surface area contributed by atoms with Crippen molar-refractivity contribution in [3.05, 3.63) is 11.2 Å². The molecular formula is C10H14ClN3O4. The van der Waals surface area contributed by atoms with Crippen molar-refractivity contribution >= 4 is 23.4 Å². The average Bonchev–Trinajstić information content (AvgIpc) is 2.35. The smallest absolute Gasteiger partial charge is 0.323 e. The van der Waals surface area contributed by atoms with Crippen molar-refractivity contribution in [2.45, 2.75) is 0 Å². The minimum absolute atomic E-state index is 0.127. The van der Waals surface area contributed by atoms with Crippen LogP contribution in [0.5, 0.6) is 6.01 Å². The van der Waals surface area contributed by atoms with Crippen molar-refractivity contribution in [3.8, 4) is 6.01 Å². The second-order valence-corrected chi connectivity index (χ2v) is 3.74. The van der Waals surface area contributed by atoms with Crippen LogP contribution in [0.1, 0.15) is 0 Å². The van der Waals surface area contributed by atoms with E-state index in [9.17, 15) is 4.79 Å². The molecule has 1 aromatic heterocycles. The van der Waals surface area contributed by atoms with Gasteiger partial charge in [-0.15, -0.1) is 0 Å². The molecule has 1 heterocycles. The molecule has 0 amide bonds. The van der Waals surface area contributed by atoms with E-state index in [1.807, 2.05) is 0 Å². The van der Waals surface area contributed by atoms with Gasteiger partial charge in [0.1, 0.15) is 11.6 Å². The number of methoxy groups -OCH3 is 2. The van der Waals surface area contributed by atoms with Crippen LogP contribution in [-0.4, -0.2) is 55.0 Å². The lowest BCUT2D eigenvalue weighted by Crippen LogP contribution is -2.33. The van der Waals surface area contributed by atoms with Crippen LogP contribution in [0.2, 0.25) is 5.02 Å². The van der Waals surface area contributed by atoms with Crippen LogP contribution in [0.3, 0.4) is 0 Å². The number of rotatable bonds is 7. The maximum absolute atomic E-state index is 10.8. The van der Waals surface area contributed by atoms with Crippen LogP contribution in [0.25, 0.3) is 0 Å². The number of hydrogen-bond donors (Lipinski definition) is 1. The number of aliphatic carboxylic acids is 1. The van der Waals surface area contributed by atoms with Crippen LogP contribution < -0.4 is 9.64 Å². The summed E-state index contributed by atoms with van der Waals surface area (Å²) in [4.78, 5) is 20.2. The lowest BCUT2D eigenvalue weighted by Gasteiger charge is -2.22. The molecule has 0 aliphatic rings. The predicted octanol–water partition coefficient (Wildman–Crippen LogP) is 0.676. The quantitative estimate of drug-likeness (QED) is 0.783. The first-order chi connectivity index (χ1) is 8.58. The van der Waals surface area contributed by atoms with Gasteiger partial charge < -0.3 is 19.5 Å². The molecule has 1 N–H and O–H groups in total. The summed E-state index contributed by atoms with van der Waals surface area (Å²) in [7, 11) is 2.95. The molecule has 0 saturated carbocycles. The molecule has 0 atom stereocenters. The van der Waals surface area contributed by atoms with Gasteiger partial charge in [-0.3, -0.25) is 4.79 Å². The summed E-state index contributed by atoms with van der Waals surface area (Å²) in [6.45, 7) is 0.474. The van der Waals surface area contributed by atoms with Crippen molar-refractivity contribution in [3.63, 3.8) is 0 Å². The number of anilines is 1. The summed E-state index contributed by atoms with van der Waals surface area (Å²) in [5.41, 5.74) is 0. The summed E-state index contributed by atoms with van der Waals surface area (Å²) in [5.74, 6) is -0.678. The Balaban J connectivity index is 2.98. The topological polar surface area (TPSA) is 84.8 Å². The standard InChI is InChI=1S/C10H14ClN3O4/c1-17-4-3-14(6-8(15)16)9-7(11)5-12-10(13-9)18-2/h5H,3-4,6H2,1-2H3,(H,15,16). The van der Waals surface area contributed by atoms with E-state index >= 15 is 0 Å². The molecule has 0 saturated heterocycles. The normalized spacial score (nSPS) is 10.2. The Morgan fingerprint density at radius 1 is 1.56 bits per heavy atom. The molecule has 1 aromatic rings. The Kier molecular flexibility index (Phi) is 5.60. The van der Waals surface area contributed by atoms with Gasteiger partial charge in [0.25, 0.3) is 0 Å². The summed E-state index contributed by atoms with van der Waals surface area (Å²) < 4.78 is 9.80. The average molecular weight is 276 g/mol. The number of halogens is 1. The molecule has 0 aromatic carbocycles. The highest BCUT2D eigenvalue weighted by molar-refractivity contribution is 6.32. The zero-order valence-corrected chi connectivity index (χ0v) is 10.8. The molecule has 0 fully saturated rings. The maximum atomic E-state index is 10.8. The Labute approximate surface area is 109 Å². The van der Waals surface area contributed by atoms with E-state index < -0.39 is 5.97 Å². The number of carboxylic acid groups (broad SMARTS) is 1. The molecule has 18 heavy (non-hydrogen) atoms. The first-order valence-corrected chi connectivity index (χ1v) is 5.48. The fourth-order valence-corrected chi connectivity index (χ4v) is 1.50. The van der Waals surface area contributed by atoms with Gasteiger partial charge in [-0.25, -0.2) is 4.98 Å². The number of carbonyl (C=O) groups is 1.